The van der Waals surface area contributed by atoms with E-state index in [9.17, 15) is 8.42 Å². The van der Waals surface area contributed by atoms with Crippen molar-refractivity contribution in [2.45, 2.75) is 25.3 Å². The number of primary sulfonamides is 1. The van der Waals surface area contributed by atoms with E-state index in [1.54, 1.807) is 18.3 Å². The quantitative estimate of drug-likeness (QED) is 0.474. The minimum absolute atomic E-state index is 0.0505. The van der Waals surface area contributed by atoms with Crippen LogP contribution in [0.4, 0.5) is 5.69 Å². The van der Waals surface area contributed by atoms with Crippen LogP contribution in [0.25, 0.3) is 0 Å². The lowest BCUT2D eigenvalue weighted by atomic mass is 10.2. The second kappa shape index (κ2) is 8.14. The van der Waals surface area contributed by atoms with Gasteiger partial charge in [0.05, 0.1) is 29.0 Å². The molecule has 9 heteroatoms. The van der Waals surface area contributed by atoms with Crippen molar-refractivity contribution in [2.75, 3.05) is 5.43 Å². The topological polar surface area (TPSA) is 102 Å². The Balaban J connectivity index is 1.74. The monoisotopic (exact) mass is 417 g/mol. The van der Waals surface area contributed by atoms with Gasteiger partial charge in [0.25, 0.3) is 0 Å². The molecular formula is C19H20ClN5O2S. The van der Waals surface area contributed by atoms with E-state index in [4.69, 9.17) is 16.7 Å². The summed E-state index contributed by atoms with van der Waals surface area (Å²) < 4.78 is 24.5. The summed E-state index contributed by atoms with van der Waals surface area (Å²) in [6.07, 6.45) is 1.69. The molecule has 0 aliphatic rings. The van der Waals surface area contributed by atoms with Crippen LogP contribution in [0.5, 0.6) is 0 Å². The molecule has 3 aromatic rings. The molecule has 0 bridgehead atoms. The number of rotatable bonds is 6. The van der Waals surface area contributed by atoms with Crippen LogP contribution >= 0.6 is 11.6 Å². The lowest BCUT2D eigenvalue weighted by molar-refractivity contribution is 0.598. The Morgan fingerprint density at radius 3 is 2.50 bits per heavy atom. The van der Waals surface area contributed by atoms with E-state index in [1.165, 1.54) is 12.1 Å². The number of anilines is 1. The van der Waals surface area contributed by atoms with E-state index in [-0.39, 0.29) is 4.90 Å². The number of halogens is 1. The summed E-state index contributed by atoms with van der Waals surface area (Å²) in [6.45, 7) is 4.46. The minimum atomic E-state index is -3.71. The molecule has 0 fully saturated rings. The van der Waals surface area contributed by atoms with Gasteiger partial charge in [-0.15, -0.1) is 0 Å². The largest absolute Gasteiger partial charge is 0.279 e. The highest BCUT2D eigenvalue weighted by Gasteiger charge is 2.11. The van der Waals surface area contributed by atoms with Crippen molar-refractivity contribution in [3.63, 3.8) is 0 Å². The molecule has 0 aliphatic heterocycles. The van der Waals surface area contributed by atoms with E-state index >= 15 is 0 Å². The van der Waals surface area contributed by atoms with Gasteiger partial charge in [-0.05, 0) is 49.7 Å². The Bertz CT molecular complexity index is 1120. The fraction of sp³-hybridized carbons (Fsp3) is 0.158. The highest BCUT2D eigenvalue weighted by molar-refractivity contribution is 7.89. The molecule has 2 aromatic carbocycles. The van der Waals surface area contributed by atoms with Gasteiger partial charge in [-0.25, -0.2) is 13.6 Å². The highest BCUT2D eigenvalue weighted by Crippen LogP contribution is 2.19. The van der Waals surface area contributed by atoms with Gasteiger partial charge in [0.1, 0.15) is 0 Å². The van der Waals surface area contributed by atoms with E-state index in [2.05, 4.69) is 15.6 Å². The highest BCUT2D eigenvalue weighted by atomic mass is 35.5. The summed E-state index contributed by atoms with van der Waals surface area (Å²) in [5, 5.41) is 14.6. The van der Waals surface area contributed by atoms with E-state index in [0.717, 1.165) is 22.5 Å². The van der Waals surface area contributed by atoms with E-state index in [1.807, 2.05) is 42.8 Å². The molecule has 1 aromatic heterocycles. The molecule has 28 heavy (non-hydrogen) atoms. The Labute approximate surface area is 168 Å². The molecule has 3 rings (SSSR count). The smallest absolute Gasteiger partial charge is 0.238 e. The van der Waals surface area contributed by atoms with E-state index in [0.29, 0.717) is 17.3 Å². The first-order valence-electron chi connectivity index (χ1n) is 8.45. The molecule has 0 saturated carbocycles. The Kier molecular flexibility index (Phi) is 5.83. The molecule has 146 valence electrons. The minimum Gasteiger partial charge on any atom is -0.279 e. The number of hydrogen-bond acceptors (Lipinski definition) is 5. The third kappa shape index (κ3) is 4.59. The zero-order valence-corrected chi connectivity index (χ0v) is 17.0. The van der Waals surface area contributed by atoms with Crippen molar-refractivity contribution in [3.05, 3.63) is 76.1 Å². The molecule has 0 aliphatic carbocycles. The number of aromatic nitrogens is 2. The summed E-state index contributed by atoms with van der Waals surface area (Å²) in [4.78, 5) is 0.0505. The number of nitrogens with zero attached hydrogens (tertiary/aromatic N) is 3. The Hall–Kier alpha value is -2.68. The van der Waals surface area contributed by atoms with Crippen LogP contribution in [0.3, 0.4) is 0 Å². The molecule has 7 nitrogen and oxygen atoms in total. The van der Waals surface area contributed by atoms with Gasteiger partial charge in [0, 0.05) is 16.3 Å². The second-order valence-electron chi connectivity index (χ2n) is 6.27. The third-order valence-corrected chi connectivity index (χ3v) is 5.58. The van der Waals surface area contributed by atoms with Gasteiger partial charge in [-0.3, -0.25) is 10.1 Å². The number of nitrogens with one attached hydrogen (secondary N) is 1. The van der Waals surface area contributed by atoms with Crippen molar-refractivity contribution in [1.82, 2.24) is 9.78 Å². The summed E-state index contributed by atoms with van der Waals surface area (Å²) in [6, 6.07) is 13.7. The average molecular weight is 418 g/mol. The number of hydrazone groups is 1. The first-order valence-corrected chi connectivity index (χ1v) is 10.4. The zero-order valence-electron chi connectivity index (χ0n) is 15.4. The van der Waals surface area contributed by atoms with Crippen molar-refractivity contribution >= 4 is 33.5 Å². The Morgan fingerprint density at radius 1 is 1.18 bits per heavy atom. The van der Waals surface area contributed by atoms with Gasteiger partial charge in [0.2, 0.25) is 10.0 Å². The van der Waals surface area contributed by atoms with Gasteiger partial charge < -0.3 is 0 Å². The maximum atomic E-state index is 11.3. The van der Waals surface area contributed by atoms with Crippen LogP contribution in [0.1, 0.15) is 22.5 Å². The first-order chi connectivity index (χ1) is 13.3. The molecular weight excluding hydrogens is 398 g/mol. The molecule has 0 unspecified atom stereocenters. The van der Waals surface area contributed by atoms with E-state index < -0.39 is 10.0 Å². The number of benzene rings is 2. The van der Waals surface area contributed by atoms with Crippen molar-refractivity contribution < 1.29 is 8.42 Å². The third-order valence-electron chi connectivity index (χ3n) is 4.29. The number of sulfonamides is 1. The van der Waals surface area contributed by atoms with Crippen LogP contribution in [0.15, 0.2) is 58.5 Å². The maximum Gasteiger partial charge on any atom is 0.238 e. The fourth-order valence-corrected chi connectivity index (χ4v) is 3.44. The van der Waals surface area contributed by atoms with Crippen molar-refractivity contribution in [2.24, 2.45) is 10.2 Å². The van der Waals surface area contributed by atoms with Crippen LogP contribution in [-0.2, 0) is 16.6 Å². The number of nitrogens with two attached hydrogens (primary N) is 1. The van der Waals surface area contributed by atoms with Crippen LogP contribution < -0.4 is 10.6 Å². The summed E-state index contributed by atoms with van der Waals surface area (Å²) in [5.74, 6) is 0. The van der Waals surface area contributed by atoms with Gasteiger partial charge in [0.15, 0.2) is 0 Å². The first kappa shape index (κ1) is 20.1. The Morgan fingerprint density at radius 2 is 1.86 bits per heavy atom. The lowest BCUT2D eigenvalue weighted by Crippen LogP contribution is -2.11. The van der Waals surface area contributed by atoms with Crippen LogP contribution in [0, 0.1) is 13.8 Å². The summed E-state index contributed by atoms with van der Waals surface area (Å²) >= 11 is 6.24. The molecule has 0 amide bonds. The summed E-state index contributed by atoms with van der Waals surface area (Å²) in [7, 11) is -3.71. The maximum absolute atomic E-state index is 11.3. The predicted octanol–water partition coefficient (Wildman–Crippen LogP) is 3.30. The lowest BCUT2D eigenvalue weighted by Gasteiger charge is -2.06. The predicted molar refractivity (Wildman–Crippen MR) is 111 cm³/mol. The van der Waals surface area contributed by atoms with Gasteiger partial charge in [-0.1, -0.05) is 29.8 Å². The molecule has 0 radical (unpaired) electrons. The van der Waals surface area contributed by atoms with Crippen LogP contribution in [0.2, 0.25) is 5.02 Å². The summed E-state index contributed by atoms with van der Waals surface area (Å²) in [5.41, 5.74) is 7.22. The number of hydrogen-bond donors (Lipinski definition) is 2. The van der Waals surface area contributed by atoms with Gasteiger partial charge >= 0.3 is 0 Å². The molecule has 1 heterocycles. The van der Waals surface area contributed by atoms with Crippen molar-refractivity contribution in [3.8, 4) is 0 Å². The second-order valence-corrected chi connectivity index (χ2v) is 8.24. The molecule has 3 N–H and O–H groups in total. The average Bonchev–Trinajstić information content (AvgIpc) is 2.91. The normalized spacial score (nSPS) is 11.9. The standard InChI is InChI=1S/C19H20ClN5O2S/c1-13-18(11-22-23-16-7-9-17(10-8-16)28(21,26)27)14(2)25(24-13)12-15-5-3-4-6-19(15)20/h3-11,23H,12H2,1-2H3,(H2,21,26,27)/b22-11+. The van der Waals surface area contributed by atoms with Crippen molar-refractivity contribution in [1.29, 1.82) is 0 Å². The number of aryl methyl sites for hydroxylation is 1. The molecule has 0 saturated heterocycles. The molecule has 0 spiro atoms. The van der Waals surface area contributed by atoms with Gasteiger partial charge in [-0.2, -0.15) is 10.2 Å². The molecule has 0 atom stereocenters. The SMILES string of the molecule is Cc1nn(Cc2ccccc2Cl)c(C)c1/C=N/Nc1ccc(S(N)(=O)=O)cc1. The fourth-order valence-electron chi connectivity index (χ4n) is 2.73. The zero-order chi connectivity index (χ0) is 20.3. The van der Waals surface area contributed by atoms with Crippen LogP contribution in [-0.4, -0.2) is 24.4 Å².